The molecule has 4 aromatic carbocycles. The highest BCUT2D eigenvalue weighted by Gasteiger charge is 2.21. The first-order chi connectivity index (χ1) is 24.7. The SMILES string of the molecule is Cc1ccnc(-n2c3ccc(CCCCC(C)(C)C)cc3c3ccc(Oc4cc(-n5nc(C)c(-c6ccccc6)c5C)cc(C(C)(C)C)c4)cc32)c1. The first-order valence-electron chi connectivity index (χ1n) is 18.7. The van der Waals surface area contributed by atoms with Crippen LogP contribution >= 0.6 is 0 Å². The van der Waals surface area contributed by atoms with Gasteiger partial charge in [0.15, 0.2) is 0 Å². The fraction of sp³-hybridized carbons (Fsp3) is 0.319. The summed E-state index contributed by atoms with van der Waals surface area (Å²) in [6.07, 6.45) is 6.65. The number of nitrogens with zero attached hydrogens (tertiary/aromatic N) is 4. The Labute approximate surface area is 309 Å². The fourth-order valence-electron chi connectivity index (χ4n) is 7.39. The number of benzene rings is 4. The van der Waals surface area contributed by atoms with Gasteiger partial charge in [-0.3, -0.25) is 4.57 Å². The molecule has 266 valence electrons. The van der Waals surface area contributed by atoms with Gasteiger partial charge in [0.25, 0.3) is 0 Å². The smallest absolute Gasteiger partial charge is 0.137 e. The molecule has 0 fully saturated rings. The Morgan fingerprint density at radius 1 is 0.692 bits per heavy atom. The Balaban J connectivity index is 1.30. The van der Waals surface area contributed by atoms with Crippen LogP contribution in [0.5, 0.6) is 11.5 Å². The molecule has 0 amide bonds. The highest BCUT2D eigenvalue weighted by atomic mass is 16.5. The highest BCUT2D eigenvalue weighted by Crippen LogP contribution is 2.38. The van der Waals surface area contributed by atoms with E-state index in [1.807, 2.05) is 12.3 Å². The maximum absolute atomic E-state index is 6.80. The number of pyridine rings is 1. The lowest BCUT2D eigenvalue weighted by Gasteiger charge is -2.22. The summed E-state index contributed by atoms with van der Waals surface area (Å²) in [6, 6.07) is 34.7. The minimum atomic E-state index is -0.0931. The average Bonchev–Trinajstić information content (AvgIpc) is 3.58. The molecule has 0 unspecified atom stereocenters. The van der Waals surface area contributed by atoms with Gasteiger partial charge < -0.3 is 4.74 Å². The molecule has 5 nitrogen and oxygen atoms in total. The van der Waals surface area contributed by atoms with Crippen LogP contribution in [0, 0.1) is 26.2 Å². The average molecular weight is 689 g/mol. The van der Waals surface area contributed by atoms with Crippen molar-refractivity contribution in [2.45, 2.75) is 93.4 Å². The molecule has 3 heterocycles. The molecule has 3 aromatic heterocycles. The van der Waals surface area contributed by atoms with Crippen molar-refractivity contribution in [1.82, 2.24) is 19.3 Å². The summed E-state index contributed by atoms with van der Waals surface area (Å²) in [5, 5.41) is 7.48. The second kappa shape index (κ2) is 13.8. The first-order valence-corrected chi connectivity index (χ1v) is 18.7. The number of unbranched alkanes of at least 4 members (excludes halogenated alkanes) is 1. The van der Waals surface area contributed by atoms with Gasteiger partial charge in [0.1, 0.15) is 17.3 Å². The molecule has 7 rings (SSSR count). The molecule has 7 aromatic rings. The van der Waals surface area contributed by atoms with E-state index in [2.05, 4.69) is 163 Å². The third-order valence-corrected chi connectivity index (χ3v) is 10.2. The minimum absolute atomic E-state index is 0.0931. The molecular weight excluding hydrogens is 637 g/mol. The van der Waals surface area contributed by atoms with Crippen molar-refractivity contribution in [2.75, 3.05) is 0 Å². The van der Waals surface area contributed by atoms with Gasteiger partial charge >= 0.3 is 0 Å². The number of ether oxygens (including phenoxy) is 1. The van der Waals surface area contributed by atoms with E-state index in [1.165, 1.54) is 57.9 Å². The highest BCUT2D eigenvalue weighted by molar-refractivity contribution is 6.09. The monoisotopic (exact) mass is 688 g/mol. The topological polar surface area (TPSA) is 44.9 Å². The Morgan fingerprint density at radius 3 is 2.21 bits per heavy atom. The third-order valence-electron chi connectivity index (χ3n) is 10.2. The van der Waals surface area contributed by atoms with Gasteiger partial charge in [0, 0.05) is 40.4 Å². The van der Waals surface area contributed by atoms with E-state index in [0.717, 1.165) is 51.8 Å². The molecule has 0 N–H and O–H groups in total. The summed E-state index contributed by atoms with van der Waals surface area (Å²) >= 11 is 0. The lowest BCUT2D eigenvalue weighted by Crippen LogP contribution is -2.12. The summed E-state index contributed by atoms with van der Waals surface area (Å²) in [5.74, 6) is 2.47. The van der Waals surface area contributed by atoms with Gasteiger partial charge in [-0.1, -0.05) is 84.4 Å². The number of hydrogen-bond acceptors (Lipinski definition) is 3. The molecule has 0 aliphatic carbocycles. The second-order valence-electron chi connectivity index (χ2n) is 16.7. The molecule has 0 aliphatic rings. The zero-order valence-electron chi connectivity index (χ0n) is 32.3. The molecule has 0 saturated heterocycles. The predicted octanol–water partition coefficient (Wildman–Crippen LogP) is 12.8. The zero-order chi connectivity index (χ0) is 36.8. The van der Waals surface area contributed by atoms with Gasteiger partial charge in [-0.15, -0.1) is 0 Å². The molecular formula is C47H52N4O. The third kappa shape index (κ3) is 7.27. The summed E-state index contributed by atoms with van der Waals surface area (Å²) in [4.78, 5) is 4.84. The van der Waals surface area contributed by atoms with E-state index in [-0.39, 0.29) is 5.41 Å². The van der Waals surface area contributed by atoms with Crippen LogP contribution in [-0.4, -0.2) is 19.3 Å². The summed E-state index contributed by atoms with van der Waals surface area (Å²) in [6.45, 7) is 20.1. The van der Waals surface area contributed by atoms with Crippen molar-refractivity contribution < 1.29 is 4.74 Å². The number of aryl methyl sites for hydroxylation is 3. The van der Waals surface area contributed by atoms with Crippen molar-refractivity contribution in [2.24, 2.45) is 5.41 Å². The van der Waals surface area contributed by atoms with Gasteiger partial charge in [-0.2, -0.15) is 5.10 Å². The summed E-state index contributed by atoms with van der Waals surface area (Å²) in [7, 11) is 0. The first kappa shape index (κ1) is 35.3. The van der Waals surface area contributed by atoms with Crippen molar-refractivity contribution >= 4 is 21.8 Å². The standard InChI is InChI=1S/C47H52N4O/c1-31-22-24-48-44(25-31)50-42-21-18-34(15-13-14-23-46(4,5)6)26-41(42)40-20-19-38(30-43(40)50)52-39-28-36(47(7,8)9)27-37(29-39)51-33(3)45(32(2)49-51)35-16-11-10-12-17-35/h10-12,16-22,24-30H,13-15,23H2,1-9H3. The van der Waals surface area contributed by atoms with Crippen molar-refractivity contribution in [3.63, 3.8) is 0 Å². The zero-order valence-corrected chi connectivity index (χ0v) is 32.3. The van der Waals surface area contributed by atoms with E-state index in [9.17, 15) is 0 Å². The quantitative estimate of drug-likeness (QED) is 0.142. The second-order valence-corrected chi connectivity index (χ2v) is 16.7. The molecule has 5 heteroatoms. The van der Waals surface area contributed by atoms with Gasteiger partial charge in [-0.25, -0.2) is 9.67 Å². The normalized spacial score (nSPS) is 12.2. The van der Waals surface area contributed by atoms with Crippen LogP contribution in [0.4, 0.5) is 0 Å². The maximum atomic E-state index is 6.80. The van der Waals surface area contributed by atoms with Crippen LogP contribution in [0.1, 0.15) is 88.9 Å². The van der Waals surface area contributed by atoms with E-state index < -0.39 is 0 Å². The number of rotatable bonds is 9. The molecule has 52 heavy (non-hydrogen) atoms. The van der Waals surface area contributed by atoms with Crippen LogP contribution in [-0.2, 0) is 11.8 Å². The maximum Gasteiger partial charge on any atom is 0.137 e. The number of fused-ring (bicyclic) bond motifs is 3. The van der Waals surface area contributed by atoms with Gasteiger partial charge in [-0.05, 0) is 122 Å². The van der Waals surface area contributed by atoms with Crippen molar-refractivity contribution in [3.05, 3.63) is 131 Å². The Morgan fingerprint density at radius 2 is 1.48 bits per heavy atom. The van der Waals surface area contributed by atoms with E-state index >= 15 is 0 Å². The lowest BCUT2D eigenvalue weighted by atomic mass is 9.86. The van der Waals surface area contributed by atoms with Gasteiger partial charge in [0.05, 0.1) is 22.4 Å². The Kier molecular flexibility index (Phi) is 9.33. The van der Waals surface area contributed by atoms with Crippen LogP contribution in [0.15, 0.2) is 103 Å². The van der Waals surface area contributed by atoms with Gasteiger partial charge in [0.2, 0.25) is 0 Å². The summed E-state index contributed by atoms with van der Waals surface area (Å²) < 4.78 is 11.1. The van der Waals surface area contributed by atoms with E-state index in [0.29, 0.717) is 5.41 Å². The van der Waals surface area contributed by atoms with Crippen LogP contribution in [0.3, 0.4) is 0 Å². The lowest BCUT2D eigenvalue weighted by molar-refractivity contribution is 0.360. The van der Waals surface area contributed by atoms with Crippen LogP contribution in [0.25, 0.3) is 44.4 Å². The minimum Gasteiger partial charge on any atom is -0.457 e. The van der Waals surface area contributed by atoms with Crippen LogP contribution in [0.2, 0.25) is 0 Å². The molecule has 0 saturated carbocycles. The fourth-order valence-corrected chi connectivity index (χ4v) is 7.39. The number of aromatic nitrogens is 4. The molecule has 0 atom stereocenters. The van der Waals surface area contributed by atoms with Crippen LogP contribution < -0.4 is 4.74 Å². The molecule has 0 spiro atoms. The number of hydrogen-bond donors (Lipinski definition) is 0. The molecule has 0 aliphatic heterocycles. The Hall–Kier alpha value is -5.16. The largest absolute Gasteiger partial charge is 0.457 e. The predicted molar refractivity (Wildman–Crippen MR) is 218 cm³/mol. The molecule has 0 radical (unpaired) electrons. The Bertz CT molecular complexity index is 2380. The van der Waals surface area contributed by atoms with E-state index in [1.54, 1.807) is 0 Å². The summed E-state index contributed by atoms with van der Waals surface area (Å²) in [5.41, 5.74) is 11.7. The molecule has 0 bridgehead atoms. The van der Waals surface area contributed by atoms with Crippen molar-refractivity contribution in [1.29, 1.82) is 0 Å². The van der Waals surface area contributed by atoms with E-state index in [4.69, 9.17) is 14.8 Å². The van der Waals surface area contributed by atoms with Crippen molar-refractivity contribution in [3.8, 4) is 34.1 Å².